The van der Waals surface area contributed by atoms with Crippen LogP contribution in [0.4, 0.5) is 16.5 Å². The maximum atomic E-state index is 12.6. The Morgan fingerprint density at radius 3 is 2.17 bits per heavy atom. The van der Waals surface area contributed by atoms with Gasteiger partial charge in [0.25, 0.3) is 0 Å². The lowest BCUT2D eigenvalue weighted by Gasteiger charge is -2.12. The van der Waals surface area contributed by atoms with E-state index < -0.39 is 0 Å². The number of hydrogen-bond acceptors (Lipinski definition) is 9. The summed E-state index contributed by atoms with van der Waals surface area (Å²) in [5.74, 6) is 1.82. The summed E-state index contributed by atoms with van der Waals surface area (Å²) in [4.78, 5) is 12.6. The summed E-state index contributed by atoms with van der Waals surface area (Å²) in [5.41, 5.74) is 1.48. The average molecular weight is 447 g/mol. The molecule has 1 unspecified atom stereocenters. The van der Waals surface area contributed by atoms with Crippen LogP contribution in [0, 0.1) is 0 Å². The lowest BCUT2D eigenvalue weighted by Crippen LogP contribution is -2.22. The Hall–Kier alpha value is -2.98. The molecule has 1 atom stereocenters. The minimum atomic E-state index is -0.371. The largest absolute Gasteiger partial charge is 0.497 e. The van der Waals surface area contributed by atoms with Gasteiger partial charge in [-0.15, -0.1) is 10.2 Å². The van der Waals surface area contributed by atoms with Crippen LogP contribution in [-0.4, -0.2) is 42.7 Å². The third-order valence-electron chi connectivity index (χ3n) is 4.01. The number of anilines is 3. The van der Waals surface area contributed by atoms with Gasteiger partial charge in [-0.1, -0.05) is 23.1 Å². The van der Waals surface area contributed by atoms with Gasteiger partial charge in [0.2, 0.25) is 11.0 Å². The summed E-state index contributed by atoms with van der Waals surface area (Å²) >= 11 is 2.72. The summed E-state index contributed by atoms with van der Waals surface area (Å²) in [6.45, 7) is 1.81. The minimum absolute atomic E-state index is 0.157. The van der Waals surface area contributed by atoms with E-state index in [9.17, 15) is 4.79 Å². The Morgan fingerprint density at radius 1 is 0.933 bits per heavy atom. The number of carbonyl (C=O) groups excluding carboxylic acids is 1. The molecule has 0 fully saturated rings. The highest BCUT2D eigenvalue weighted by molar-refractivity contribution is 8.02. The van der Waals surface area contributed by atoms with Gasteiger partial charge in [-0.05, 0) is 31.2 Å². The molecular weight excluding hydrogens is 424 g/mol. The third kappa shape index (κ3) is 5.77. The standard InChI is InChI=1S/C20H22N4O4S2/c1-12(18(25)21-14-9-16(27-3)11-17(10-14)28-4)29-20-24-23-19(30-20)22-13-5-7-15(26-2)8-6-13/h5-12H,1-4H3,(H,21,25)(H,22,23). The highest BCUT2D eigenvalue weighted by Gasteiger charge is 2.18. The fraction of sp³-hybridized carbons (Fsp3) is 0.250. The molecule has 30 heavy (non-hydrogen) atoms. The molecule has 0 bridgehead atoms. The Kier molecular flexibility index (Phi) is 7.36. The number of thioether (sulfide) groups is 1. The number of benzene rings is 2. The minimum Gasteiger partial charge on any atom is -0.497 e. The number of ether oxygens (including phenoxy) is 3. The van der Waals surface area contributed by atoms with Crippen LogP contribution in [0.2, 0.25) is 0 Å². The molecular formula is C20H22N4O4S2. The highest BCUT2D eigenvalue weighted by Crippen LogP contribution is 2.32. The van der Waals surface area contributed by atoms with Crippen molar-refractivity contribution in [3.63, 3.8) is 0 Å². The zero-order chi connectivity index (χ0) is 21.5. The van der Waals surface area contributed by atoms with Crippen molar-refractivity contribution in [1.82, 2.24) is 10.2 Å². The molecule has 3 rings (SSSR count). The number of aromatic nitrogens is 2. The maximum Gasteiger partial charge on any atom is 0.237 e. The number of carbonyl (C=O) groups is 1. The van der Waals surface area contributed by atoms with Crippen LogP contribution in [0.3, 0.4) is 0 Å². The van der Waals surface area contributed by atoms with E-state index in [-0.39, 0.29) is 11.2 Å². The van der Waals surface area contributed by atoms with Crippen LogP contribution in [0.5, 0.6) is 17.2 Å². The zero-order valence-corrected chi connectivity index (χ0v) is 18.6. The van der Waals surface area contributed by atoms with Crippen molar-refractivity contribution < 1.29 is 19.0 Å². The molecule has 0 spiro atoms. The van der Waals surface area contributed by atoms with E-state index in [1.54, 1.807) is 39.5 Å². The molecule has 3 aromatic rings. The Labute approximate surface area is 183 Å². The summed E-state index contributed by atoms with van der Waals surface area (Å²) in [6.07, 6.45) is 0. The molecule has 1 aromatic heterocycles. The van der Waals surface area contributed by atoms with Gasteiger partial charge in [0.05, 0.1) is 26.6 Å². The topological polar surface area (TPSA) is 94.6 Å². The number of hydrogen-bond donors (Lipinski definition) is 2. The molecule has 0 radical (unpaired) electrons. The van der Waals surface area contributed by atoms with Gasteiger partial charge in [0.15, 0.2) is 4.34 Å². The molecule has 0 aliphatic carbocycles. The van der Waals surface area contributed by atoms with Crippen LogP contribution < -0.4 is 24.8 Å². The van der Waals surface area contributed by atoms with E-state index in [2.05, 4.69) is 20.8 Å². The van der Waals surface area contributed by atoms with Crippen molar-refractivity contribution in [3.8, 4) is 17.2 Å². The smallest absolute Gasteiger partial charge is 0.237 e. The first kappa shape index (κ1) is 21.7. The van der Waals surface area contributed by atoms with Crippen molar-refractivity contribution in [2.24, 2.45) is 0 Å². The Bertz CT molecular complexity index is 972. The van der Waals surface area contributed by atoms with Crippen LogP contribution in [0.25, 0.3) is 0 Å². The second-order valence-corrected chi connectivity index (χ2v) is 8.64. The predicted molar refractivity (Wildman–Crippen MR) is 120 cm³/mol. The number of nitrogens with zero attached hydrogens (tertiary/aromatic N) is 2. The molecule has 2 aromatic carbocycles. The first-order valence-electron chi connectivity index (χ1n) is 8.96. The van der Waals surface area contributed by atoms with Gasteiger partial charge >= 0.3 is 0 Å². The van der Waals surface area contributed by atoms with E-state index in [0.717, 1.165) is 11.4 Å². The maximum absolute atomic E-state index is 12.6. The molecule has 10 heteroatoms. The van der Waals surface area contributed by atoms with E-state index in [0.29, 0.717) is 26.7 Å². The first-order valence-corrected chi connectivity index (χ1v) is 10.7. The molecule has 2 N–H and O–H groups in total. The summed E-state index contributed by atoms with van der Waals surface area (Å²) in [6, 6.07) is 12.7. The van der Waals surface area contributed by atoms with Crippen molar-refractivity contribution in [3.05, 3.63) is 42.5 Å². The quantitative estimate of drug-likeness (QED) is 0.466. The lowest BCUT2D eigenvalue weighted by molar-refractivity contribution is -0.115. The molecule has 0 aliphatic rings. The van der Waals surface area contributed by atoms with Crippen molar-refractivity contribution >= 4 is 45.5 Å². The predicted octanol–water partition coefficient (Wildman–Crippen LogP) is 4.43. The van der Waals surface area contributed by atoms with Crippen LogP contribution >= 0.6 is 23.1 Å². The van der Waals surface area contributed by atoms with Crippen molar-refractivity contribution in [1.29, 1.82) is 0 Å². The van der Waals surface area contributed by atoms with Crippen LogP contribution in [0.15, 0.2) is 46.8 Å². The van der Waals surface area contributed by atoms with Crippen molar-refractivity contribution in [2.45, 2.75) is 16.5 Å². The molecule has 8 nitrogen and oxygen atoms in total. The normalized spacial score (nSPS) is 11.5. The molecule has 158 valence electrons. The fourth-order valence-electron chi connectivity index (χ4n) is 2.43. The van der Waals surface area contributed by atoms with Crippen molar-refractivity contribution in [2.75, 3.05) is 32.0 Å². The number of rotatable bonds is 9. The summed E-state index contributed by atoms with van der Waals surface area (Å²) in [7, 11) is 4.75. The number of amides is 1. The molecule has 0 aliphatic heterocycles. The van der Waals surface area contributed by atoms with E-state index >= 15 is 0 Å². The number of nitrogens with one attached hydrogen (secondary N) is 2. The number of methoxy groups -OCH3 is 3. The van der Waals surface area contributed by atoms with Gasteiger partial charge in [-0.2, -0.15) is 0 Å². The highest BCUT2D eigenvalue weighted by atomic mass is 32.2. The second kappa shape index (κ2) is 10.2. The van der Waals surface area contributed by atoms with E-state index in [1.165, 1.54) is 23.1 Å². The fourth-order valence-corrected chi connectivity index (χ4v) is 4.35. The SMILES string of the molecule is COc1ccc(Nc2nnc(SC(C)C(=O)Nc3cc(OC)cc(OC)c3)s2)cc1. The van der Waals surface area contributed by atoms with Gasteiger partial charge in [-0.3, -0.25) is 4.79 Å². The lowest BCUT2D eigenvalue weighted by atomic mass is 10.2. The van der Waals surface area contributed by atoms with Gasteiger partial charge in [0.1, 0.15) is 17.2 Å². The molecule has 0 saturated carbocycles. The summed E-state index contributed by atoms with van der Waals surface area (Å²) < 4.78 is 16.3. The third-order valence-corrected chi connectivity index (χ3v) is 6.04. The van der Waals surface area contributed by atoms with Crippen LogP contribution in [0.1, 0.15) is 6.92 Å². The monoisotopic (exact) mass is 446 g/mol. The van der Waals surface area contributed by atoms with Gasteiger partial charge in [-0.25, -0.2) is 0 Å². The zero-order valence-electron chi connectivity index (χ0n) is 17.0. The summed E-state index contributed by atoms with van der Waals surface area (Å²) in [5, 5.41) is 14.6. The van der Waals surface area contributed by atoms with Crippen LogP contribution in [-0.2, 0) is 4.79 Å². The Morgan fingerprint density at radius 2 is 1.57 bits per heavy atom. The molecule has 0 saturated heterocycles. The second-order valence-electron chi connectivity index (χ2n) is 6.08. The average Bonchev–Trinajstić information content (AvgIpc) is 3.20. The van der Waals surface area contributed by atoms with E-state index in [4.69, 9.17) is 14.2 Å². The molecule has 1 amide bonds. The Balaban J connectivity index is 1.59. The van der Waals surface area contributed by atoms with Gasteiger partial charge in [0, 0.05) is 29.6 Å². The molecule has 1 heterocycles. The van der Waals surface area contributed by atoms with E-state index in [1.807, 2.05) is 31.2 Å². The van der Waals surface area contributed by atoms with Gasteiger partial charge < -0.3 is 24.8 Å². The first-order chi connectivity index (χ1) is 14.5.